The quantitative estimate of drug-likeness (QED) is 0.243. The average molecular weight is 432 g/mol. The lowest BCUT2D eigenvalue weighted by Crippen LogP contribution is -2.13. The van der Waals surface area contributed by atoms with Crippen LogP contribution in [-0.4, -0.2) is 10.9 Å². The van der Waals surface area contributed by atoms with E-state index < -0.39 is 40.5 Å². The zero-order chi connectivity index (χ0) is 22.4. The van der Waals surface area contributed by atoms with Gasteiger partial charge in [0.15, 0.2) is 28.9 Å². The Kier molecular flexibility index (Phi) is 4.96. The van der Waals surface area contributed by atoms with Crippen molar-refractivity contribution in [3.05, 3.63) is 82.2 Å². The first-order chi connectivity index (χ1) is 14.7. The van der Waals surface area contributed by atoms with Crippen molar-refractivity contribution in [2.24, 2.45) is 0 Å². The van der Waals surface area contributed by atoms with E-state index in [1.165, 1.54) is 18.2 Å². The molecule has 0 atom stereocenters. The molecule has 3 aromatic carbocycles. The van der Waals surface area contributed by atoms with Crippen LogP contribution in [0.15, 0.2) is 40.8 Å². The molecule has 0 unspecified atom stereocenters. The van der Waals surface area contributed by atoms with Crippen LogP contribution in [0.3, 0.4) is 0 Å². The Hall–Kier alpha value is -3.75. The number of carbonyl (C=O) groups excluding carboxylic acids is 1. The molecule has 1 aromatic heterocycles. The fourth-order valence-electron chi connectivity index (χ4n) is 3.17. The van der Waals surface area contributed by atoms with E-state index in [9.17, 15) is 26.7 Å². The number of halogens is 5. The maximum Gasteiger partial charge on any atom is 0.255 e. The van der Waals surface area contributed by atoms with Gasteiger partial charge in [-0.3, -0.25) is 4.79 Å². The molecule has 0 saturated heterocycles. The third-order valence-corrected chi connectivity index (χ3v) is 4.70. The lowest BCUT2D eigenvalue weighted by Gasteiger charge is -2.08. The fraction of sp³-hybridized carbons (Fsp3) is 0.0909. The number of aryl methyl sites for hydroxylation is 2. The summed E-state index contributed by atoms with van der Waals surface area (Å²) in [5.74, 6) is -11.7. The highest BCUT2D eigenvalue weighted by molar-refractivity contribution is 6.05. The Balaban J connectivity index is 1.71. The molecule has 0 radical (unpaired) electrons. The van der Waals surface area contributed by atoms with E-state index in [-0.39, 0.29) is 17.0 Å². The molecule has 1 amide bonds. The summed E-state index contributed by atoms with van der Waals surface area (Å²) in [7, 11) is 0. The van der Waals surface area contributed by atoms with E-state index in [2.05, 4.69) is 10.3 Å². The summed E-state index contributed by atoms with van der Waals surface area (Å²) in [5, 5.41) is 2.67. The molecule has 0 aliphatic carbocycles. The van der Waals surface area contributed by atoms with Crippen LogP contribution in [0.1, 0.15) is 21.5 Å². The summed E-state index contributed by atoms with van der Waals surface area (Å²) < 4.78 is 73.5. The summed E-state index contributed by atoms with van der Waals surface area (Å²) in [4.78, 5) is 16.4. The smallest absolute Gasteiger partial charge is 0.255 e. The van der Waals surface area contributed by atoms with E-state index in [0.29, 0.717) is 11.3 Å². The first kappa shape index (κ1) is 20.5. The molecular weight excluding hydrogens is 419 g/mol. The Labute approximate surface area is 172 Å². The van der Waals surface area contributed by atoms with Crippen LogP contribution in [-0.2, 0) is 0 Å². The van der Waals surface area contributed by atoms with Crippen LogP contribution >= 0.6 is 0 Å². The number of anilines is 1. The lowest BCUT2D eigenvalue weighted by atomic mass is 10.1. The van der Waals surface area contributed by atoms with Crippen molar-refractivity contribution in [1.29, 1.82) is 0 Å². The zero-order valence-electron chi connectivity index (χ0n) is 16.1. The summed E-state index contributed by atoms with van der Waals surface area (Å²) >= 11 is 0. The molecule has 4 rings (SSSR count). The van der Waals surface area contributed by atoms with E-state index in [1.54, 1.807) is 19.1 Å². The van der Waals surface area contributed by atoms with E-state index in [1.807, 2.05) is 13.0 Å². The number of nitrogens with zero attached hydrogens (tertiary/aromatic N) is 1. The number of hydrogen-bond acceptors (Lipinski definition) is 3. The number of carbonyl (C=O) groups is 1. The van der Waals surface area contributed by atoms with E-state index in [4.69, 9.17) is 4.42 Å². The first-order valence-electron chi connectivity index (χ1n) is 8.98. The molecule has 0 fully saturated rings. The minimum atomic E-state index is -2.27. The molecule has 0 bridgehead atoms. The molecule has 1 heterocycles. The maximum atomic E-state index is 14.0. The Morgan fingerprint density at radius 3 is 2.16 bits per heavy atom. The van der Waals surface area contributed by atoms with Gasteiger partial charge in [-0.2, -0.15) is 0 Å². The van der Waals surface area contributed by atoms with Crippen LogP contribution in [0.25, 0.3) is 22.6 Å². The van der Waals surface area contributed by atoms with Gasteiger partial charge in [-0.05, 0) is 43.7 Å². The van der Waals surface area contributed by atoms with Crippen molar-refractivity contribution in [2.75, 3.05) is 5.32 Å². The molecule has 158 valence electrons. The standard InChI is InChI=1S/C22H13F5N2O2/c1-9-3-5-12(10(2)7-9)21(30)28-11-4-6-14-13(8-11)29-22(31-14)15-16(23)18(25)20(27)19(26)17(15)24/h3-8H,1-2H3,(H,28,30). The van der Waals surface area contributed by atoms with Crippen LogP contribution in [0, 0.1) is 42.9 Å². The molecule has 1 N–H and O–H groups in total. The molecule has 9 heteroatoms. The summed E-state index contributed by atoms with van der Waals surface area (Å²) in [6.45, 7) is 3.69. The molecule has 0 spiro atoms. The van der Waals surface area contributed by atoms with Gasteiger partial charge in [-0.1, -0.05) is 17.7 Å². The van der Waals surface area contributed by atoms with Gasteiger partial charge < -0.3 is 9.73 Å². The highest BCUT2D eigenvalue weighted by atomic mass is 19.2. The molecule has 4 nitrogen and oxygen atoms in total. The number of hydrogen-bond donors (Lipinski definition) is 1. The van der Waals surface area contributed by atoms with Gasteiger partial charge in [0, 0.05) is 11.3 Å². The van der Waals surface area contributed by atoms with Gasteiger partial charge in [-0.25, -0.2) is 26.9 Å². The number of rotatable bonds is 3. The van der Waals surface area contributed by atoms with Crippen molar-refractivity contribution in [3.63, 3.8) is 0 Å². The van der Waals surface area contributed by atoms with Crippen LogP contribution in [0.2, 0.25) is 0 Å². The third-order valence-electron chi connectivity index (χ3n) is 4.70. The second kappa shape index (κ2) is 7.50. The lowest BCUT2D eigenvalue weighted by molar-refractivity contribution is 0.102. The van der Waals surface area contributed by atoms with Crippen LogP contribution < -0.4 is 5.32 Å². The van der Waals surface area contributed by atoms with Crippen molar-refractivity contribution >= 4 is 22.7 Å². The molecule has 31 heavy (non-hydrogen) atoms. The molecule has 0 aliphatic rings. The maximum absolute atomic E-state index is 14.0. The normalized spacial score (nSPS) is 11.2. The Morgan fingerprint density at radius 2 is 1.52 bits per heavy atom. The monoisotopic (exact) mass is 432 g/mol. The number of aromatic nitrogens is 1. The van der Waals surface area contributed by atoms with Gasteiger partial charge >= 0.3 is 0 Å². The molecule has 4 aromatic rings. The SMILES string of the molecule is Cc1ccc(C(=O)Nc2ccc3oc(-c4c(F)c(F)c(F)c(F)c4F)nc3c2)c(C)c1. The second-order valence-corrected chi connectivity index (χ2v) is 6.92. The number of amides is 1. The summed E-state index contributed by atoms with van der Waals surface area (Å²) in [6.07, 6.45) is 0. The number of nitrogens with one attached hydrogen (secondary N) is 1. The largest absolute Gasteiger partial charge is 0.436 e. The molecular formula is C22H13F5N2O2. The van der Waals surface area contributed by atoms with Crippen molar-refractivity contribution in [1.82, 2.24) is 4.98 Å². The minimum absolute atomic E-state index is 0.0310. The van der Waals surface area contributed by atoms with Crippen LogP contribution in [0.4, 0.5) is 27.6 Å². The van der Waals surface area contributed by atoms with E-state index >= 15 is 0 Å². The molecule has 0 aliphatic heterocycles. The number of oxazole rings is 1. The van der Waals surface area contributed by atoms with Crippen molar-refractivity contribution < 1.29 is 31.2 Å². The number of fused-ring (bicyclic) bond motifs is 1. The predicted molar refractivity (Wildman–Crippen MR) is 103 cm³/mol. The average Bonchev–Trinajstić information content (AvgIpc) is 3.13. The summed E-state index contributed by atoms with van der Waals surface area (Å²) in [5.41, 5.74) is 1.34. The third kappa shape index (κ3) is 3.52. The second-order valence-electron chi connectivity index (χ2n) is 6.92. The van der Waals surface area contributed by atoms with E-state index in [0.717, 1.165) is 11.1 Å². The highest BCUT2D eigenvalue weighted by Gasteiger charge is 2.29. The topological polar surface area (TPSA) is 55.1 Å². The van der Waals surface area contributed by atoms with Gasteiger partial charge in [0.1, 0.15) is 11.1 Å². The Bertz CT molecular complexity index is 1340. The Morgan fingerprint density at radius 1 is 0.871 bits per heavy atom. The van der Waals surface area contributed by atoms with Crippen LogP contribution in [0.5, 0.6) is 0 Å². The highest BCUT2D eigenvalue weighted by Crippen LogP contribution is 2.33. The predicted octanol–water partition coefficient (Wildman–Crippen LogP) is 6.06. The first-order valence-corrected chi connectivity index (χ1v) is 8.98. The minimum Gasteiger partial charge on any atom is -0.436 e. The molecule has 0 saturated carbocycles. The summed E-state index contributed by atoms with van der Waals surface area (Å²) in [6, 6.07) is 9.49. The van der Waals surface area contributed by atoms with Gasteiger partial charge in [-0.15, -0.1) is 0 Å². The van der Waals surface area contributed by atoms with Gasteiger partial charge in [0.2, 0.25) is 11.7 Å². The number of benzene rings is 3. The van der Waals surface area contributed by atoms with Gasteiger partial charge in [0.25, 0.3) is 5.91 Å². The van der Waals surface area contributed by atoms with Crippen molar-refractivity contribution in [3.8, 4) is 11.5 Å². The van der Waals surface area contributed by atoms with Gasteiger partial charge in [0.05, 0.1) is 0 Å². The zero-order valence-corrected chi connectivity index (χ0v) is 16.1. The fourth-order valence-corrected chi connectivity index (χ4v) is 3.17. The van der Waals surface area contributed by atoms with Crippen molar-refractivity contribution in [2.45, 2.75) is 13.8 Å².